The minimum absolute atomic E-state index is 0.0842. The Labute approximate surface area is 130 Å². The van der Waals surface area contributed by atoms with Crippen LogP contribution in [0.15, 0.2) is 35.6 Å². The van der Waals surface area contributed by atoms with Crippen molar-refractivity contribution in [2.75, 3.05) is 5.75 Å². The summed E-state index contributed by atoms with van der Waals surface area (Å²) in [7, 11) is 0. The quantitative estimate of drug-likeness (QED) is 0.891. The Morgan fingerprint density at radius 3 is 2.73 bits per heavy atom. The normalized spacial score (nSPS) is 18.1. The van der Waals surface area contributed by atoms with Gasteiger partial charge in [0.15, 0.2) is 5.17 Å². The average molecular weight is 321 g/mol. The van der Waals surface area contributed by atoms with E-state index in [0.29, 0.717) is 22.7 Å². The van der Waals surface area contributed by atoms with E-state index in [0.717, 1.165) is 11.8 Å². The zero-order chi connectivity index (χ0) is 15.7. The van der Waals surface area contributed by atoms with Gasteiger partial charge in [-0.25, -0.2) is 8.78 Å². The molecule has 2 heterocycles. The molecule has 1 aliphatic rings. The highest BCUT2D eigenvalue weighted by atomic mass is 32.2. The SMILES string of the molecule is NC1=NC(c2cc(-c3cncc(O)c3)c(F)cc2F)CCS1. The number of pyridine rings is 1. The fourth-order valence-electron chi connectivity index (χ4n) is 2.37. The van der Waals surface area contributed by atoms with Gasteiger partial charge in [0.05, 0.1) is 12.2 Å². The van der Waals surface area contributed by atoms with Gasteiger partial charge in [-0.3, -0.25) is 9.98 Å². The lowest BCUT2D eigenvalue weighted by Crippen LogP contribution is -2.16. The fourth-order valence-corrected chi connectivity index (χ4v) is 3.13. The van der Waals surface area contributed by atoms with Crippen LogP contribution in [0, 0.1) is 11.6 Å². The summed E-state index contributed by atoms with van der Waals surface area (Å²) in [6, 6.07) is 3.20. The predicted molar refractivity (Wildman–Crippen MR) is 82.7 cm³/mol. The predicted octanol–water partition coefficient (Wildman–Crippen LogP) is 3.23. The molecular weight excluding hydrogens is 308 g/mol. The summed E-state index contributed by atoms with van der Waals surface area (Å²) in [4.78, 5) is 8.04. The molecule has 0 bridgehead atoms. The van der Waals surface area contributed by atoms with Crippen LogP contribution in [-0.2, 0) is 0 Å². The van der Waals surface area contributed by atoms with E-state index in [-0.39, 0.29) is 11.3 Å². The highest BCUT2D eigenvalue weighted by molar-refractivity contribution is 8.13. The molecule has 1 aliphatic heterocycles. The maximum Gasteiger partial charge on any atom is 0.154 e. The number of hydrogen-bond acceptors (Lipinski definition) is 5. The van der Waals surface area contributed by atoms with Gasteiger partial charge in [0.2, 0.25) is 0 Å². The summed E-state index contributed by atoms with van der Waals surface area (Å²) >= 11 is 1.42. The van der Waals surface area contributed by atoms with Crippen molar-refractivity contribution < 1.29 is 13.9 Å². The first-order valence-electron chi connectivity index (χ1n) is 6.64. The maximum absolute atomic E-state index is 14.1. The number of nitrogens with two attached hydrogens (primary N) is 1. The van der Waals surface area contributed by atoms with E-state index in [9.17, 15) is 13.9 Å². The standard InChI is InChI=1S/C15H13F2N3OS/c16-12-5-13(17)11(14-1-2-22-15(18)20-14)4-10(12)8-3-9(21)7-19-6-8/h3-7,14,21H,1-2H2,(H2,18,20). The fraction of sp³-hybridized carbons (Fsp3) is 0.200. The number of aliphatic imine (C=N–C) groups is 1. The molecule has 0 saturated heterocycles. The largest absolute Gasteiger partial charge is 0.506 e. The first kappa shape index (κ1) is 14.8. The van der Waals surface area contributed by atoms with E-state index < -0.39 is 17.7 Å². The molecule has 3 rings (SSSR count). The van der Waals surface area contributed by atoms with Crippen LogP contribution in [0.4, 0.5) is 8.78 Å². The van der Waals surface area contributed by atoms with Crippen LogP contribution >= 0.6 is 11.8 Å². The number of thioether (sulfide) groups is 1. The number of halogens is 2. The number of nitrogens with zero attached hydrogens (tertiary/aromatic N) is 2. The van der Waals surface area contributed by atoms with Crippen LogP contribution in [0.3, 0.4) is 0 Å². The molecule has 1 unspecified atom stereocenters. The van der Waals surface area contributed by atoms with Gasteiger partial charge in [0, 0.05) is 34.7 Å². The summed E-state index contributed by atoms with van der Waals surface area (Å²) < 4.78 is 28.2. The van der Waals surface area contributed by atoms with E-state index in [1.165, 1.54) is 36.3 Å². The summed E-state index contributed by atoms with van der Waals surface area (Å²) in [5.41, 5.74) is 6.53. The van der Waals surface area contributed by atoms with Gasteiger partial charge >= 0.3 is 0 Å². The van der Waals surface area contributed by atoms with Crippen LogP contribution in [0.2, 0.25) is 0 Å². The van der Waals surface area contributed by atoms with Crippen molar-refractivity contribution in [3.63, 3.8) is 0 Å². The van der Waals surface area contributed by atoms with Crippen LogP contribution in [0.5, 0.6) is 5.75 Å². The zero-order valence-corrected chi connectivity index (χ0v) is 12.3. The third-order valence-corrected chi connectivity index (χ3v) is 4.25. The molecule has 1 aromatic heterocycles. The molecule has 3 N–H and O–H groups in total. The molecule has 0 saturated carbocycles. The molecule has 7 heteroatoms. The van der Waals surface area contributed by atoms with Crippen molar-refractivity contribution in [3.05, 3.63) is 47.8 Å². The Kier molecular flexibility index (Phi) is 3.98. The monoisotopic (exact) mass is 321 g/mol. The average Bonchev–Trinajstić information content (AvgIpc) is 2.47. The highest BCUT2D eigenvalue weighted by Crippen LogP contribution is 2.34. The molecule has 0 amide bonds. The molecule has 0 fully saturated rings. The van der Waals surface area contributed by atoms with Crippen molar-refractivity contribution >= 4 is 16.9 Å². The Bertz CT molecular complexity index is 752. The van der Waals surface area contributed by atoms with E-state index in [4.69, 9.17) is 5.73 Å². The molecule has 22 heavy (non-hydrogen) atoms. The van der Waals surface area contributed by atoms with E-state index >= 15 is 0 Å². The van der Waals surface area contributed by atoms with Gasteiger partial charge in [-0.1, -0.05) is 11.8 Å². The van der Waals surface area contributed by atoms with Crippen molar-refractivity contribution in [2.45, 2.75) is 12.5 Å². The van der Waals surface area contributed by atoms with Crippen LogP contribution in [0.1, 0.15) is 18.0 Å². The van der Waals surface area contributed by atoms with Crippen molar-refractivity contribution in [1.29, 1.82) is 0 Å². The molecule has 1 atom stereocenters. The number of benzene rings is 1. The Balaban J connectivity index is 2.09. The van der Waals surface area contributed by atoms with E-state index in [1.54, 1.807) is 0 Å². The lowest BCUT2D eigenvalue weighted by Gasteiger charge is -2.19. The molecule has 2 aromatic rings. The van der Waals surface area contributed by atoms with Crippen molar-refractivity contribution in [1.82, 2.24) is 4.98 Å². The molecule has 0 radical (unpaired) electrons. The second kappa shape index (κ2) is 5.92. The summed E-state index contributed by atoms with van der Waals surface area (Å²) in [6.07, 6.45) is 3.29. The molecule has 0 spiro atoms. The number of amidine groups is 1. The van der Waals surface area contributed by atoms with Crippen LogP contribution < -0.4 is 5.73 Å². The molecule has 4 nitrogen and oxygen atoms in total. The van der Waals surface area contributed by atoms with Gasteiger partial charge in [-0.2, -0.15) is 0 Å². The summed E-state index contributed by atoms with van der Waals surface area (Å²) in [5.74, 6) is -0.711. The smallest absolute Gasteiger partial charge is 0.154 e. The number of aromatic nitrogens is 1. The maximum atomic E-state index is 14.1. The van der Waals surface area contributed by atoms with E-state index in [1.807, 2.05) is 0 Å². The summed E-state index contributed by atoms with van der Waals surface area (Å²) in [6.45, 7) is 0. The van der Waals surface area contributed by atoms with E-state index in [2.05, 4.69) is 9.98 Å². The first-order valence-corrected chi connectivity index (χ1v) is 7.62. The van der Waals surface area contributed by atoms with Gasteiger partial charge in [-0.05, 0) is 18.6 Å². The Morgan fingerprint density at radius 1 is 1.18 bits per heavy atom. The van der Waals surface area contributed by atoms with Gasteiger partial charge in [0.1, 0.15) is 17.4 Å². The zero-order valence-electron chi connectivity index (χ0n) is 11.5. The molecular formula is C15H13F2N3OS. The summed E-state index contributed by atoms with van der Waals surface area (Å²) in [5, 5.41) is 9.88. The second-order valence-electron chi connectivity index (χ2n) is 4.91. The third-order valence-electron chi connectivity index (χ3n) is 3.40. The lowest BCUT2D eigenvalue weighted by atomic mass is 9.98. The van der Waals surface area contributed by atoms with Gasteiger partial charge in [0.25, 0.3) is 0 Å². The topological polar surface area (TPSA) is 71.5 Å². The van der Waals surface area contributed by atoms with Crippen LogP contribution in [0.25, 0.3) is 11.1 Å². The highest BCUT2D eigenvalue weighted by Gasteiger charge is 2.22. The minimum atomic E-state index is -0.712. The first-order chi connectivity index (χ1) is 10.5. The Hall–Kier alpha value is -2.15. The van der Waals surface area contributed by atoms with Gasteiger partial charge in [-0.15, -0.1) is 0 Å². The Morgan fingerprint density at radius 2 is 2.00 bits per heavy atom. The molecule has 0 aliphatic carbocycles. The third kappa shape index (κ3) is 2.89. The molecule has 1 aromatic carbocycles. The lowest BCUT2D eigenvalue weighted by molar-refractivity contribution is 0.473. The number of hydrogen-bond donors (Lipinski definition) is 2. The van der Waals surface area contributed by atoms with Crippen molar-refractivity contribution in [3.8, 4) is 16.9 Å². The number of aromatic hydroxyl groups is 1. The number of rotatable bonds is 2. The van der Waals surface area contributed by atoms with Gasteiger partial charge < -0.3 is 10.8 Å². The second-order valence-corrected chi connectivity index (χ2v) is 6.02. The molecule has 114 valence electrons. The minimum Gasteiger partial charge on any atom is -0.506 e. The van der Waals surface area contributed by atoms with Crippen LogP contribution in [-0.4, -0.2) is 21.0 Å². The van der Waals surface area contributed by atoms with Crippen molar-refractivity contribution in [2.24, 2.45) is 10.7 Å².